The molecule has 2 atom stereocenters. The lowest BCUT2D eigenvalue weighted by atomic mass is 10.1. The van der Waals surface area contributed by atoms with E-state index >= 15 is 0 Å². The third-order valence-corrected chi connectivity index (χ3v) is 3.52. The van der Waals surface area contributed by atoms with Gasteiger partial charge in [-0.15, -0.1) is 12.4 Å². The van der Waals surface area contributed by atoms with E-state index in [1.807, 2.05) is 31.2 Å². The Labute approximate surface area is 130 Å². The molecule has 112 valence electrons. The Morgan fingerprint density at radius 2 is 2.30 bits per heavy atom. The van der Waals surface area contributed by atoms with Crippen LogP contribution in [-0.2, 0) is 9.53 Å². The number of amides is 1. The average Bonchev–Trinajstić information content (AvgIpc) is 2.40. The topological polar surface area (TPSA) is 50.4 Å². The molecule has 4 nitrogen and oxygen atoms in total. The second-order valence-electron chi connectivity index (χ2n) is 4.74. The Kier molecular flexibility index (Phi) is 7.30. The Balaban J connectivity index is 0.00000200. The van der Waals surface area contributed by atoms with Crippen molar-refractivity contribution in [1.82, 2.24) is 10.6 Å². The van der Waals surface area contributed by atoms with Gasteiger partial charge in [-0.1, -0.05) is 29.8 Å². The quantitative estimate of drug-likeness (QED) is 0.895. The minimum absolute atomic E-state index is 0. The average molecular weight is 319 g/mol. The fourth-order valence-corrected chi connectivity index (χ4v) is 2.48. The summed E-state index contributed by atoms with van der Waals surface area (Å²) in [5.41, 5.74) is 0.936. The standard InChI is InChI=1S/C14H19ClN2O2.ClH/c1-10(12-4-2-3-5-13(12)15)17-14(18)8-11-9-19-7-6-16-11;/h2-5,10-11,16H,6-9H2,1H3,(H,17,18);1H. The molecule has 2 unspecified atom stereocenters. The van der Waals surface area contributed by atoms with Gasteiger partial charge in [-0.3, -0.25) is 4.79 Å². The maximum atomic E-state index is 12.0. The molecule has 1 fully saturated rings. The van der Waals surface area contributed by atoms with E-state index in [2.05, 4.69) is 10.6 Å². The molecule has 0 saturated carbocycles. The number of benzene rings is 1. The third kappa shape index (κ3) is 4.94. The van der Waals surface area contributed by atoms with Crippen LogP contribution in [0.25, 0.3) is 0 Å². The Bertz CT molecular complexity index is 437. The summed E-state index contributed by atoms with van der Waals surface area (Å²) < 4.78 is 5.33. The maximum Gasteiger partial charge on any atom is 0.222 e. The van der Waals surface area contributed by atoms with Crippen molar-refractivity contribution in [3.05, 3.63) is 34.9 Å². The lowest BCUT2D eigenvalue weighted by Gasteiger charge is -2.24. The highest BCUT2D eigenvalue weighted by Gasteiger charge is 2.18. The van der Waals surface area contributed by atoms with Crippen molar-refractivity contribution in [3.8, 4) is 0 Å². The molecule has 2 N–H and O–H groups in total. The molecule has 0 aromatic heterocycles. The molecular weight excluding hydrogens is 299 g/mol. The van der Waals surface area contributed by atoms with Crippen LogP contribution in [0.5, 0.6) is 0 Å². The molecule has 2 rings (SSSR count). The van der Waals surface area contributed by atoms with Crippen molar-refractivity contribution >= 4 is 29.9 Å². The third-order valence-electron chi connectivity index (χ3n) is 3.18. The van der Waals surface area contributed by atoms with Crippen molar-refractivity contribution in [2.45, 2.75) is 25.4 Å². The molecule has 0 aliphatic carbocycles. The van der Waals surface area contributed by atoms with Gasteiger partial charge in [-0.25, -0.2) is 0 Å². The first-order chi connectivity index (χ1) is 9.16. The Hall–Kier alpha value is -0.810. The highest BCUT2D eigenvalue weighted by molar-refractivity contribution is 6.31. The Morgan fingerprint density at radius 1 is 1.55 bits per heavy atom. The Morgan fingerprint density at radius 3 is 2.95 bits per heavy atom. The van der Waals surface area contributed by atoms with E-state index in [1.165, 1.54) is 0 Å². The highest BCUT2D eigenvalue weighted by atomic mass is 35.5. The van der Waals surface area contributed by atoms with Crippen LogP contribution in [0.1, 0.15) is 24.9 Å². The van der Waals surface area contributed by atoms with Gasteiger partial charge >= 0.3 is 0 Å². The summed E-state index contributed by atoms with van der Waals surface area (Å²) in [5.74, 6) is 0.00965. The van der Waals surface area contributed by atoms with E-state index in [0.29, 0.717) is 24.7 Å². The van der Waals surface area contributed by atoms with Crippen LogP contribution in [0.4, 0.5) is 0 Å². The van der Waals surface area contributed by atoms with Crippen LogP contribution >= 0.6 is 24.0 Å². The van der Waals surface area contributed by atoms with Crippen molar-refractivity contribution in [1.29, 1.82) is 0 Å². The summed E-state index contributed by atoms with van der Waals surface area (Å²) in [6.07, 6.45) is 0.425. The molecule has 0 bridgehead atoms. The summed E-state index contributed by atoms with van der Waals surface area (Å²) in [7, 11) is 0. The minimum atomic E-state index is -0.0919. The zero-order chi connectivity index (χ0) is 13.7. The van der Waals surface area contributed by atoms with Gasteiger partial charge in [0, 0.05) is 24.0 Å². The number of carbonyl (C=O) groups excluding carboxylic acids is 1. The molecule has 0 spiro atoms. The van der Waals surface area contributed by atoms with E-state index < -0.39 is 0 Å². The molecule has 1 aliphatic heterocycles. The van der Waals surface area contributed by atoms with E-state index in [0.717, 1.165) is 12.1 Å². The van der Waals surface area contributed by atoms with Gasteiger partial charge in [0.05, 0.1) is 19.3 Å². The highest BCUT2D eigenvalue weighted by Crippen LogP contribution is 2.22. The molecule has 1 heterocycles. The van der Waals surface area contributed by atoms with E-state index in [9.17, 15) is 4.79 Å². The van der Waals surface area contributed by atoms with Gasteiger partial charge in [0.1, 0.15) is 0 Å². The summed E-state index contributed by atoms with van der Waals surface area (Å²) >= 11 is 6.11. The van der Waals surface area contributed by atoms with E-state index in [4.69, 9.17) is 16.3 Å². The SMILES string of the molecule is CC(NC(=O)CC1COCCN1)c1ccccc1Cl.Cl. The lowest BCUT2D eigenvalue weighted by molar-refractivity contribution is -0.122. The molecule has 1 aromatic carbocycles. The summed E-state index contributed by atoms with van der Waals surface area (Å²) in [4.78, 5) is 12.0. The molecule has 1 aromatic rings. The zero-order valence-corrected chi connectivity index (χ0v) is 13.0. The molecule has 20 heavy (non-hydrogen) atoms. The lowest BCUT2D eigenvalue weighted by Crippen LogP contribution is -2.44. The smallest absolute Gasteiger partial charge is 0.222 e. The number of halogens is 2. The van der Waals surface area contributed by atoms with Crippen LogP contribution in [0.15, 0.2) is 24.3 Å². The second kappa shape index (κ2) is 8.47. The van der Waals surface area contributed by atoms with Crippen molar-refractivity contribution in [3.63, 3.8) is 0 Å². The molecular formula is C14H20Cl2N2O2. The molecule has 6 heteroatoms. The van der Waals surface area contributed by atoms with E-state index in [-0.39, 0.29) is 30.4 Å². The molecule has 0 radical (unpaired) electrons. The largest absolute Gasteiger partial charge is 0.378 e. The molecule has 1 amide bonds. The van der Waals surface area contributed by atoms with Crippen LogP contribution in [0.2, 0.25) is 5.02 Å². The fourth-order valence-electron chi connectivity index (χ4n) is 2.18. The summed E-state index contributed by atoms with van der Waals surface area (Å²) in [6.45, 7) is 4.05. The van der Waals surface area contributed by atoms with Gasteiger partial charge in [-0.05, 0) is 18.6 Å². The van der Waals surface area contributed by atoms with Crippen LogP contribution in [0.3, 0.4) is 0 Å². The maximum absolute atomic E-state index is 12.0. The van der Waals surface area contributed by atoms with E-state index in [1.54, 1.807) is 0 Å². The molecule has 1 saturated heterocycles. The first-order valence-electron chi connectivity index (χ1n) is 6.51. The number of carbonyl (C=O) groups is 1. The van der Waals surface area contributed by atoms with Gasteiger partial charge in [0.15, 0.2) is 0 Å². The predicted octanol–water partition coefficient (Wildman–Crippen LogP) is 2.32. The number of hydrogen-bond donors (Lipinski definition) is 2. The van der Waals surface area contributed by atoms with Crippen molar-refractivity contribution < 1.29 is 9.53 Å². The number of hydrogen-bond acceptors (Lipinski definition) is 3. The summed E-state index contributed by atoms with van der Waals surface area (Å²) in [6, 6.07) is 7.56. The summed E-state index contributed by atoms with van der Waals surface area (Å²) in [5, 5.41) is 6.90. The fraction of sp³-hybridized carbons (Fsp3) is 0.500. The monoisotopic (exact) mass is 318 g/mol. The first-order valence-corrected chi connectivity index (χ1v) is 6.89. The normalized spacial score (nSPS) is 19.8. The second-order valence-corrected chi connectivity index (χ2v) is 5.15. The first kappa shape index (κ1) is 17.2. The van der Waals surface area contributed by atoms with Gasteiger partial charge in [0.25, 0.3) is 0 Å². The van der Waals surface area contributed by atoms with Crippen LogP contribution < -0.4 is 10.6 Å². The predicted molar refractivity (Wildman–Crippen MR) is 82.5 cm³/mol. The number of morpholine rings is 1. The van der Waals surface area contributed by atoms with Crippen LogP contribution in [-0.4, -0.2) is 31.7 Å². The number of ether oxygens (including phenoxy) is 1. The number of nitrogens with one attached hydrogen (secondary N) is 2. The van der Waals surface area contributed by atoms with Crippen molar-refractivity contribution in [2.24, 2.45) is 0 Å². The molecule has 1 aliphatic rings. The van der Waals surface area contributed by atoms with Gasteiger partial charge in [0.2, 0.25) is 5.91 Å². The van der Waals surface area contributed by atoms with Gasteiger partial charge in [-0.2, -0.15) is 0 Å². The minimum Gasteiger partial charge on any atom is -0.378 e. The zero-order valence-electron chi connectivity index (χ0n) is 11.4. The number of rotatable bonds is 4. The van der Waals surface area contributed by atoms with Crippen molar-refractivity contribution in [2.75, 3.05) is 19.8 Å². The van der Waals surface area contributed by atoms with Crippen LogP contribution in [0, 0.1) is 0 Å². The van der Waals surface area contributed by atoms with Gasteiger partial charge < -0.3 is 15.4 Å².